The molecule has 1 atom stereocenters. The summed E-state index contributed by atoms with van der Waals surface area (Å²) >= 11 is 1.36. The lowest BCUT2D eigenvalue weighted by molar-refractivity contribution is 0.428. The summed E-state index contributed by atoms with van der Waals surface area (Å²) in [5.41, 5.74) is 0. The Hall–Kier alpha value is -0.710. The van der Waals surface area contributed by atoms with E-state index in [0.29, 0.717) is 0 Å². The van der Waals surface area contributed by atoms with E-state index in [1.807, 2.05) is 11.8 Å². The smallest absolute Gasteiger partial charge is 0.205 e. The minimum absolute atomic E-state index is 0.0346. The van der Waals surface area contributed by atoms with Gasteiger partial charge in [0.15, 0.2) is 0 Å². The third-order valence-electron chi connectivity index (χ3n) is 2.32. The molecule has 1 aliphatic heterocycles. The van der Waals surface area contributed by atoms with Crippen molar-refractivity contribution in [3.8, 4) is 0 Å². The van der Waals surface area contributed by atoms with Crippen LogP contribution in [0.2, 0.25) is 0 Å². The highest BCUT2D eigenvalue weighted by Crippen LogP contribution is 2.26. The van der Waals surface area contributed by atoms with Gasteiger partial charge in [0.05, 0.1) is 6.04 Å². The first-order valence-corrected chi connectivity index (χ1v) is 5.21. The zero-order valence-corrected chi connectivity index (χ0v) is 8.35. The number of halogens is 1. The zero-order chi connectivity index (χ0) is 9.26. The minimum Gasteiger partial charge on any atom is -0.341 e. The van der Waals surface area contributed by atoms with Crippen LogP contribution in [-0.4, -0.2) is 28.6 Å². The number of anilines is 1. The van der Waals surface area contributed by atoms with Crippen molar-refractivity contribution in [3.63, 3.8) is 0 Å². The largest absolute Gasteiger partial charge is 0.341 e. The Morgan fingerprint density at radius 1 is 1.69 bits per heavy atom. The standard InChI is InChI=1S/C8H12FN3S/c1-6-10-8(13-11-6)12-4-2-3-7(12)5-9/h7H,2-5H2,1H3/t7-/m1/s1. The fourth-order valence-corrected chi connectivity index (χ4v) is 2.42. The van der Waals surface area contributed by atoms with Crippen molar-refractivity contribution < 1.29 is 4.39 Å². The second-order valence-electron chi connectivity index (χ2n) is 3.27. The molecule has 13 heavy (non-hydrogen) atoms. The Morgan fingerprint density at radius 2 is 2.54 bits per heavy atom. The van der Waals surface area contributed by atoms with Gasteiger partial charge in [-0.25, -0.2) is 9.37 Å². The molecule has 1 fully saturated rings. The number of hydrogen-bond donors (Lipinski definition) is 0. The molecule has 1 aromatic heterocycles. The van der Waals surface area contributed by atoms with E-state index in [9.17, 15) is 4.39 Å². The summed E-state index contributed by atoms with van der Waals surface area (Å²) in [5.74, 6) is 0.782. The van der Waals surface area contributed by atoms with Gasteiger partial charge in [-0.05, 0) is 19.8 Å². The number of hydrogen-bond acceptors (Lipinski definition) is 4. The van der Waals surface area contributed by atoms with Crippen LogP contribution in [0.5, 0.6) is 0 Å². The van der Waals surface area contributed by atoms with Crippen molar-refractivity contribution in [2.75, 3.05) is 18.1 Å². The molecule has 5 heteroatoms. The highest BCUT2D eigenvalue weighted by Gasteiger charge is 2.26. The fourth-order valence-electron chi connectivity index (χ4n) is 1.65. The van der Waals surface area contributed by atoms with Crippen molar-refractivity contribution in [1.29, 1.82) is 0 Å². The summed E-state index contributed by atoms with van der Waals surface area (Å²) in [6.45, 7) is 2.50. The van der Waals surface area contributed by atoms with Crippen molar-refractivity contribution in [2.45, 2.75) is 25.8 Å². The number of alkyl halides is 1. The normalized spacial score (nSPS) is 22.6. The maximum Gasteiger partial charge on any atom is 0.205 e. The van der Waals surface area contributed by atoms with Crippen molar-refractivity contribution in [2.24, 2.45) is 0 Å². The van der Waals surface area contributed by atoms with E-state index in [4.69, 9.17) is 0 Å². The summed E-state index contributed by atoms with van der Waals surface area (Å²) in [6, 6.07) is 0.0346. The summed E-state index contributed by atoms with van der Waals surface area (Å²) < 4.78 is 16.7. The average molecular weight is 201 g/mol. The van der Waals surface area contributed by atoms with E-state index >= 15 is 0 Å². The third kappa shape index (κ3) is 1.65. The highest BCUT2D eigenvalue weighted by atomic mass is 32.1. The van der Waals surface area contributed by atoms with Gasteiger partial charge in [0.2, 0.25) is 5.13 Å². The van der Waals surface area contributed by atoms with Crippen LogP contribution in [0.15, 0.2) is 0 Å². The van der Waals surface area contributed by atoms with Crippen LogP contribution in [0.25, 0.3) is 0 Å². The molecule has 0 spiro atoms. The molecule has 0 saturated carbocycles. The van der Waals surface area contributed by atoms with Crippen LogP contribution in [-0.2, 0) is 0 Å². The van der Waals surface area contributed by atoms with E-state index in [1.54, 1.807) is 0 Å². The zero-order valence-electron chi connectivity index (χ0n) is 7.53. The van der Waals surface area contributed by atoms with Gasteiger partial charge in [0.25, 0.3) is 0 Å². The maximum atomic E-state index is 12.6. The highest BCUT2D eigenvalue weighted by molar-refractivity contribution is 7.09. The van der Waals surface area contributed by atoms with E-state index < -0.39 is 0 Å². The molecule has 1 aromatic rings. The fraction of sp³-hybridized carbons (Fsp3) is 0.750. The molecule has 1 saturated heterocycles. The number of nitrogens with zero attached hydrogens (tertiary/aromatic N) is 3. The van der Waals surface area contributed by atoms with Crippen LogP contribution in [0.4, 0.5) is 9.52 Å². The molecule has 0 aromatic carbocycles. The molecule has 0 N–H and O–H groups in total. The van der Waals surface area contributed by atoms with Crippen molar-refractivity contribution in [3.05, 3.63) is 5.82 Å². The topological polar surface area (TPSA) is 29.0 Å². The minimum atomic E-state index is -0.279. The first kappa shape index (κ1) is 8.87. The molecule has 2 heterocycles. The summed E-state index contributed by atoms with van der Waals surface area (Å²) in [4.78, 5) is 6.29. The van der Waals surface area contributed by atoms with Crippen molar-refractivity contribution in [1.82, 2.24) is 9.36 Å². The predicted molar refractivity (Wildman–Crippen MR) is 51.0 cm³/mol. The van der Waals surface area contributed by atoms with E-state index in [-0.39, 0.29) is 12.7 Å². The van der Waals surface area contributed by atoms with Crippen molar-refractivity contribution >= 4 is 16.7 Å². The lowest BCUT2D eigenvalue weighted by atomic mass is 10.2. The summed E-state index contributed by atoms with van der Waals surface area (Å²) in [6.07, 6.45) is 2.00. The van der Waals surface area contributed by atoms with Crippen LogP contribution in [0, 0.1) is 6.92 Å². The monoisotopic (exact) mass is 201 g/mol. The van der Waals surface area contributed by atoms with E-state index in [2.05, 4.69) is 9.36 Å². The van der Waals surface area contributed by atoms with Gasteiger partial charge < -0.3 is 4.90 Å². The Bertz CT molecular complexity index is 289. The molecule has 0 amide bonds. The summed E-state index contributed by atoms with van der Waals surface area (Å²) in [5, 5.41) is 0.873. The molecule has 2 rings (SSSR count). The molecule has 72 valence electrons. The molecule has 0 unspecified atom stereocenters. The summed E-state index contributed by atoms with van der Waals surface area (Å²) in [7, 11) is 0. The SMILES string of the molecule is Cc1nsc(N2CCC[C@@H]2CF)n1. The van der Waals surface area contributed by atoms with Gasteiger partial charge in [-0.3, -0.25) is 0 Å². The number of aromatic nitrogens is 2. The van der Waals surface area contributed by atoms with Crippen LogP contribution >= 0.6 is 11.5 Å². The third-order valence-corrected chi connectivity index (χ3v) is 3.16. The molecular weight excluding hydrogens is 189 g/mol. The predicted octanol–water partition coefficient (Wildman–Crippen LogP) is 1.78. The quantitative estimate of drug-likeness (QED) is 0.730. The maximum absolute atomic E-state index is 12.6. The Balaban J connectivity index is 2.15. The molecular formula is C8H12FN3S. The van der Waals surface area contributed by atoms with Gasteiger partial charge in [-0.2, -0.15) is 4.37 Å². The molecule has 3 nitrogen and oxygen atoms in total. The van der Waals surface area contributed by atoms with Gasteiger partial charge in [-0.15, -0.1) is 0 Å². The first-order valence-electron chi connectivity index (χ1n) is 4.44. The lowest BCUT2D eigenvalue weighted by Gasteiger charge is -2.20. The van der Waals surface area contributed by atoms with Gasteiger partial charge >= 0.3 is 0 Å². The average Bonchev–Trinajstić information content (AvgIpc) is 2.71. The van der Waals surface area contributed by atoms with Crippen LogP contribution in [0.3, 0.4) is 0 Å². The molecule has 1 aliphatic rings. The van der Waals surface area contributed by atoms with E-state index in [0.717, 1.165) is 30.3 Å². The Morgan fingerprint density at radius 3 is 3.15 bits per heavy atom. The van der Waals surface area contributed by atoms with E-state index in [1.165, 1.54) is 11.5 Å². The van der Waals surface area contributed by atoms with Crippen LogP contribution < -0.4 is 4.90 Å². The Kier molecular flexibility index (Phi) is 2.44. The van der Waals surface area contributed by atoms with Crippen LogP contribution in [0.1, 0.15) is 18.7 Å². The molecule has 0 aliphatic carbocycles. The Labute approximate surface area is 80.8 Å². The first-order chi connectivity index (χ1) is 6.31. The van der Waals surface area contributed by atoms with Gasteiger partial charge in [0.1, 0.15) is 12.5 Å². The molecule has 0 radical (unpaired) electrons. The molecule has 0 bridgehead atoms. The number of rotatable bonds is 2. The second kappa shape index (κ2) is 3.57. The van der Waals surface area contributed by atoms with Gasteiger partial charge in [0, 0.05) is 18.1 Å². The number of aryl methyl sites for hydroxylation is 1. The van der Waals surface area contributed by atoms with Gasteiger partial charge in [-0.1, -0.05) is 0 Å². The lowest BCUT2D eigenvalue weighted by Crippen LogP contribution is -2.30. The second-order valence-corrected chi connectivity index (χ2v) is 4.00.